The molecular formula is C13H24N4OS. The maximum Gasteiger partial charge on any atom is 0.239 e. The molecule has 0 aromatic rings. The minimum atomic E-state index is 0.00470. The van der Waals surface area contributed by atoms with Crippen LogP contribution < -0.4 is 5.73 Å². The summed E-state index contributed by atoms with van der Waals surface area (Å²) in [7, 11) is 0. The third-order valence-electron chi connectivity index (χ3n) is 4.11. The number of thiocarbonyl (C=S) groups is 1. The molecule has 19 heavy (non-hydrogen) atoms. The van der Waals surface area contributed by atoms with E-state index in [2.05, 4.69) is 9.80 Å². The van der Waals surface area contributed by atoms with E-state index in [1.165, 1.54) is 0 Å². The van der Waals surface area contributed by atoms with Crippen molar-refractivity contribution in [2.75, 3.05) is 45.8 Å². The summed E-state index contributed by atoms with van der Waals surface area (Å²) in [6.07, 6.45) is 2.31. The van der Waals surface area contributed by atoms with Gasteiger partial charge in [0.15, 0.2) is 0 Å². The summed E-state index contributed by atoms with van der Waals surface area (Å²) in [6.45, 7) is 8.31. The highest BCUT2D eigenvalue weighted by Gasteiger charge is 2.29. The smallest absolute Gasteiger partial charge is 0.239 e. The van der Waals surface area contributed by atoms with Gasteiger partial charge in [-0.05, 0) is 19.8 Å². The van der Waals surface area contributed by atoms with E-state index in [1.54, 1.807) is 0 Å². The largest absolute Gasteiger partial charge is 0.392 e. The van der Waals surface area contributed by atoms with Gasteiger partial charge >= 0.3 is 0 Å². The highest BCUT2D eigenvalue weighted by Crippen LogP contribution is 2.13. The van der Waals surface area contributed by atoms with Crippen LogP contribution in [0.2, 0.25) is 0 Å². The maximum atomic E-state index is 12.3. The van der Waals surface area contributed by atoms with E-state index in [4.69, 9.17) is 18.0 Å². The molecule has 2 aliphatic heterocycles. The average Bonchev–Trinajstić information content (AvgIpc) is 2.91. The maximum absolute atomic E-state index is 12.3. The lowest BCUT2D eigenvalue weighted by Crippen LogP contribution is -2.55. The molecule has 0 aromatic heterocycles. The molecule has 0 radical (unpaired) electrons. The van der Waals surface area contributed by atoms with Gasteiger partial charge in [-0.3, -0.25) is 14.6 Å². The lowest BCUT2D eigenvalue weighted by atomic mass is 10.2. The molecule has 1 atom stereocenters. The van der Waals surface area contributed by atoms with Crippen molar-refractivity contribution in [3.63, 3.8) is 0 Å². The van der Waals surface area contributed by atoms with Gasteiger partial charge in [-0.1, -0.05) is 12.2 Å². The second-order valence-corrected chi connectivity index (χ2v) is 6.01. The van der Waals surface area contributed by atoms with E-state index < -0.39 is 0 Å². The highest BCUT2D eigenvalue weighted by atomic mass is 32.1. The van der Waals surface area contributed by atoms with Crippen molar-refractivity contribution in [2.24, 2.45) is 5.73 Å². The molecule has 2 saturated heterocycles. The average molecular weight is 284 g/mol. The zero-order valence-electron chi connectivity index (χ0n) is 11.7. The third kappa shape index (κ3) is 3.87. The van der Waals surface area contributed by atoms with Gasteiger partial charge in [-0.25, -0.2) is 0 Å². The standard InChI is InChI=1S/C13H24N4OS/c1-11(13(18)17-4-2-3-5-17)16-8-6-15(7-9-16)10-12(14)19/h11H,2-10H2,1H3,(H2,14,19). The Morgan fingerprint density at radius 3 is 2.26 bits per heavy atom. The second-order valence-electron chi connectivity index (χ2n) is 5.49. The summed E-state index contributed by atoms with van der Waals surface area (Å²) in [5.74, 6) is 0.292. The van der Waals surface area contributed by atoms with Gasteiger partial charge in [0.25, 0.3) is 0 Å². The summed E-state index contributed by atoms with van der Waals surface area (Å²) in [6, 6.07) is 0.00470. The van der Waals surface area contributed by atoms with E-state index in [-0.39, 0.29) is 6.04 Å². The topological polar surface area (TPSA) is 52.8 Å². The minimum absolute atomic E-state index is 0.00470. The molecule has 2 fully saturated rings. The molecule has 2 aliphatic rings. The zero-order chi connectivity index (χ0) is 13.8. The number of piperazine rings is 1. The van der Waals surface area contributed by atoms with Crippen LogP contribution in [0.25, 0.3) is 0 Å². The number of carbonyl (C=O) groups is 1. The predicted octanol–water partition coefficient (Wildman–Crippen LogP) is -0.0990. The van der Waals surface area contributed by atoms with Crippen molar-refractivity contribution in [1.82, 2.24) is 14.7 Å². The van der Waals surface area contributed by atoms with Gasteiger partial charge in [0.1, 0.15) is 0 Å². The molecular weight excluding hydrogens is 260 g/mol. The predicted molar refractivity (Wildman–Crippen MR) is 80.1 cm³/mol. The molecule has 2 N–H and O–H groups in total. The van der Waals surface area contributed by atoms with Gasteiger partial charge in [0.2, 0.25) is 5.91 Å². The number of carbonyl (C=O) groups excluding carboxylic acids is 1. The zero-order valence-corrected chi connectivity index (χ0v) is 12.5. The Kier molecular flexibility index (Phi) is 5.13. The summed E-state index contributed by atoms with van der Waals surface area (Å²) in [5.41, 5.74) is 5.56. The first-order valence-electron chi connectivity index (χ1n) is 7.11. The Hall–Kier alpha value is -0.720. The third-order valence-corrected chi connectivity index (χ3v) is 4.24. The van der Waals surface area contributed by atoms with Gasteiger partial charge in [-0.15, -0.1) is 0 Å². The van der Waals surface area contributed by atoms with E-state index in [9.17, 15) is 4.79 Å². The highest BCUT2D eigenvalue weighted by molar-refractivity contribution is 7.80. The first-order valence-corrected chi connectivity index (χ1v) is 7.52. The molecule has 0 bridgehead atoms. The Morgan fingerprint density at radius 2 is 1.74 bits per heavy atom. The summed E-state index contributed by atoms with van der Waals surface area (Å²) in [5, 5.41) is 0. The SMILES string of the molecule is CC(C(=O)N1CCCC1)N1CCN(CC(N)=S)CC1. The van der Waals surface area contributed by atoms with Crippen LogP contribution in [0.4, 0.5) is 0 Å². The van der Waals surface area contributed by atoms with Crippen LogP contribution in [-0.2, 0) is 4.79 Å². The molecule has 2 heterocycles. The number of hydrogen-bond acceptors (Lipinski definition) is 4. The first-order chi connectivity index (χ1) is 9.08. The summed E-state index contributed by atoms with van der Waals surface area (Å²) in [4.78, 5) is 19.4. The molecule has 0 saturated carbocycles. The van der Waals surface area contributed by atoms with Crippen molar-refractivity contribution < 1.29 is 4.79 Å². The number of nitrogens with two attached hydrogens (primary N) is 1. The van der Waals surface area contributed by atoms with Crippen LogP contribution in [0.1, 0.15) is 19.8 Å². The molecule has 1 unspecified atom stereocenters. The van der Waals surface area contributed by atoms with E-state index in [0.717, 1.165) is 52.1 Å². The van der Waals surface area contributed by atoms with Crippen LogP contribution >= 0.6 is 12.2 Å². The first kappa shape index (κ1) is 14.7. The monoisotopic (exact) mass is 284 g/mol. The molecule has 108 valence electrons. The van der Waals surface area contributed by atoms with E-state index in [1.807, 2.05) is 11.8 Å². The Labute approximate surface area is 120 Å². The number of likely N-dealkylation sites (tertiary alicyclic amines) is 1. The molecule has 6 heteroatoms. The molecule has 0 aromatic carbocycles. The van der Waals surface area contributed by atoms with Crippen molar-refractivity contribution in [3.05, 3.63) is 0 Å². The van der Waals surface area contributed by atoms with Crippen molar-refractivity contribution >= 4 is 23.1 Å². The lowest BCUT2D eigenvalue weighted by molar-refractivity contribution is -0.136. The van der Waals surface area contributed by atoms with Crippen molar-refractivity contribution in [2.45, 2.75) is 25.8 Å². The van der Waals surface area contributed by atoms with Crippen molar-refractivity contribution in [1.29, 1.82) is 0 Å². The fourth-order valence-corrected chi connectivity index (χ4v) is 3.07. The Balaban J connectivity index is 1.79. The Bertz CT molecular complexity index is 336. The normalized spacial score (nSPS) is 23.5. The number of nitrogens with zero attached hydrogens (tertiary/aromatic N) is 3. The van der Waals surface area contributed by atoms with Crippen LogP contribution in [0.3, 0.4) is 0 Å². The number of rotatable bonds is 4. The molecule has 1 amide bonds. The molecule has 2 rings (SSSR count). The van der Waals surface area contributed by atoms with Gasteiger partial charge in [0, 0.05) is 45.8 Å². The molecule has 0 aliphatic carbocycles. The molecule has 5 nitrogen and oxygen atoms in total. The summed E-state index contributed by atoms with van der Waals surface area (Å²) < 4.78 is 0. The van der Waals surface area contributed by atoms with Crippen molar-refractivity contribution in [3.8, 4) is 0 Å². The van der Waals surface area contributed by atoms with Crippen LogP contribution in [0, 0.1) is 0 Å². The van der Waals surface area contributed by atoms with Gasteiger partial charge in [0.05, 0.1) is 11.0 Å². The van der Waals surface area contributed by atoms with E-state index in [0.29, 0.717) is 17.4 Å². The lowest BCUT2D eigenvalue weighted by Gasteiger charge is -2.38. The quantitative estimate of drug-likeness (QED) is 0.731. The summed E-state index contributed by atoms with van der Waals surface area (Å²) >= 11 is 4.93. The van der Waals surface area contributed by atoms with Crippen LogP contribution in [0.5, 0.6) is 0 Å². The van der Waals surface area contributed by atoms with Crippen LogP contribution in [0.15, 0.2) is 0 Å². The Morgan fingerprint density at radius 1 is 1.16 bits per heavy atom. The molecule has 0 spiro atoms. The van der Waals surface area contributed by atoms with Gasteiger partial charge < -0.3 is 10.6 Å². The van der Waals surface area contributed by atoms with Gasteiger partial charge in [-0.2, -0.15) is 0 Å². The number of hydrogen-bond donors (Lipinski definition) is 1. The second kappa shape index (κ2) is 6.63. The number of amides is 1. The van der Waals surface area contributed by atoms with Crippen LogP contribution in [-0.4, -0.2) is 77.5 Å². The fraction of sp³-hybridized carbons (Fsp3) is 0.846. The minimum Gasteiger partial charge on any atom is -0.392 e. The fourth-order valence-electron chi connectivity index (χ4n) is 2.89. The van der Waals surface area contributed by atoms with E-state index >= 15 is 0 Å².